The van der Waals surface area contributed by atoms with Gasteiger partial charge in [-0.05, 0) is 20.3 Å². The van der Waals surface area contributed by atoms with Crippen LogP contribution in [-0.2, 0) is 9.53 Å². The zero-order valence-electron chi connectivity index (χ0n) is 8.82. The average Bonchev–Trinajstić information content (AvgIpc) is 2.15. The third-order valence-corrected chi connectivity index (χ3v) is 1.60. The SMILES string of the molecule is CC(C)OCCCNC(=O)C(N)CO. The number of nitrogens with one attached hydrogen (secondary N) is 1. The van der Waals surface area contributed by atoms with Crippen LogP contribution in [0.4, 0.5) is 0 Å². The second-order valence-corrected chi connectivity index (χ2v) is 3.35. The molecule has 5 heteroatoms. The smallest absolute Gasteiger partial charge is 0.239 e. The van der Waals surface area contributed by atoms with Gasteiger partial charge in [0.1, 0.15) is 6.04 Å². The molecule has 0 bridgehead atoms. The zero-order valence-corrected chi connectivity index (χ0v) is 8.82. The van der Waals surface area contributed by atoms with Gasteiger partial charge < -0.3 is 20.9 Å². The molecule has 1 amide bonds. The molecule has 0 saturated carbocycles. The van der Waals surface area contributed by atoms with E-state index in [0.717, 1.165) is 6.42 Å². The number of carbonyl (C=O) groups excluding carboxylic acids is 1. The van der Waals surface area contributed by atoms with E-state index in [1.165, 1.54) is 0 Å². The fourth-order valence-corrected chi connectivity index (χ4v) is 0.817. The lowest BCUT2D eigenvalue weighted by Crippen LogP contribution is -2.43. The van der Waals surface area contributed by atoms with Gasteiger partial charge in [0.2, 0.25) is 5.91 Å². The van der Waals surface area contributed by atoms with Crippen LogP contribution in [0.1, 0.15) is 20.3 Å². The highest BCUT2D eigenvalue weighted by Crippen LogP contribution is 1.89. The summed E-state index contributed by atoms with van der Waals surface area (Å²) in [7, 11) is 0. The largest absolute Gasteiger partial charge is 0.394 e. The van der Waals surface area contributed by atoms with E-state index in [1.54, 1.807) is 0 Å². The molecule has 0 spiro atoms. The fourth-order valence-electron chi connectivity index (χ4n) is 0.817. The second kappa shape index (κ2) is 7.73. The number of nitrogens with two attached hydrogens (primary N) is 1. The van der Waals surface area contributed by atoms with Crippen LogP contribution in [0.5, 0.6) is 0 Å². The van der Waals surface area contributed by atoms with Crippen LogP contribution >= 0.6 is 0 Å². The van der Waals surface area contributed by atoms with E-state index < -0.39 is 6.04 Å². The molecule has 0 aromatic carbocycles. The molecule has 84 valence electrons. The average molecular weight is 204 g/mol. The number of hydrogen-bond donors (Lipinski definition) is 3. The van der Waals surface area contributed by atoms with Crippen LogP contribution < -0.4 is 11.1 Å². The van der Waals surface area contributed by atoms with Crippen molar-refractivity contribution in [2.45, 2.75) is 32.4 Å². The van der Waals surface area contributed by atoms with Crippen LogP contribution in [0.25, 0.3) is 0 Å². The standard InChI is InChI=1S/C9H20N2O3/c1-7(2)14-5-3-4-11-9(13)8(10)6-12/h7-8,12H,3-6,10H2,1-2H3,(H,11,13). The number of carbonyl (C=O) groups is 1. The van der Waals surface area contributed by atoms with Gasteiger partial charge in [-0.3, -0.25) is 4.79 Å². The highest BCUT2D eigenvalue weighted by molar-refractivity contribution is 5.81. The molecule has 4 N–H and O–H groups in total. The first-order valence-electron chi connectivity index (χ1n) is 4.83. The summed E-state index contributed by atoms with van der Waals surface area (Å²) in [6.45, 7) is 4.74. The van der Waals surface area contributed by atoms with Gasteiger partial charge in [-0.1, -0.05) is 0 Å². The number of hydrogen-bond acceptors (Lipinski definition) is 4. The van der Waals surface area contributed by atoms with Crippen molar-refractivity contribution in [1.82, 2.24) is 5.32 Å². The van der Waals surface area contributed by atoms with Gasteiger partial charge in [-0.15, -0.1) is 0 Å². The maximum atomic E-state index is 11.0. The van der Waals surface area contributed by atoms with Gasteiger partial charge in [0.05, 0.1) is 12.7 Å². The lowest BCUT2D eigenvalue weighted by molar-refractivity contribution is -0.123. The quantitative estimate of drug-likeness (QED) is 0.476. The van der Waals surface area contributed by atoms with Gasteiger partial charge >= 0.3 is 0 Å². The molecule has 14 heavy (non-hydrogen) atoms. The van der Waals surface area contributed by atoms with E-state index >= 15 is 0 Å². The van der Waals surface area contributed by atoms with E-state index in [2.05, 4.69) is 5.32 Å². The molecule has 0 radical (unpaired) electrons. The van der Waals surface area contributed by atoms with Crippen molar-refractivity contribution < 1.29 is 14.6 Å². The number of rotatable bonds is 7. The first kappa shape index (κ1) is 13.4. The third-order valence-electron chi connectivity index (χ3n) is 1.60. The summed E-state index contributed by atoms with van der Waals surface area (Å²) in [5, 5.41) is 11.2. The summed E-state index contributed by atoms with van der Waals surface area (Å²) in [5.41, 5.74) is 5.29. The lowest BCUT2D eigenvalue weighted by Gasteiger charge is -2.10. The second-order valence-electron chi connectivity index (χ2n) is 3.35. The van der Waals surface area contributed by atoms with Crippen molar-refractivity contribution in [3.05, 3.63) is 0 Å². The first-order valence-corrected chi connectivity index (χ1v) is 4.83. The molecule has 0 fully saturated rings. The van der Waals surface area contributed by atoms with Crippen LogP contribution in [0.3, 0.4) is 0 Å². The van der Waals surface area contributed by atoms with Crippen LogP contribution in [0.15, 0.2) is 0 Å². The van der Waals surface area contributed by atoms with Crippen LogP contribution in [-0.4, -0.2) is 42.9 Å². The van der Waals surface area contributed by atoms with E-state index in [0.29, 0.717) is 13.2 Å². The van der Waals surface area contributed by atoms with Crippen molar-refractivity contribution in [3.63, 3.8) is 0 Å². The number of ether oxygens (including phenoxy) is 1. The lowest BCUT2D eigenvalue weighted by atomic mass is 10.3. The van der Waals surface area contributed by atoms with E-state index in [-0.39, 0.29) is 18.6 Å². The minimum absolute atomic E-state index is 0.213. The molecule has 0 aliphatic rings. The van der Waals surface area contributed by atoms with E-state index in [1.807, 2.05) is 13.8 Å². The van der Waals surface area contributed by atoms with Gasteiger partial charge in [-0.2, -0.15) is 0 Å². The molecule has 0 aromatic rings. The van der Waals surface area contributed by atoms with Gasteiger partial charge in [0, 0.05) is 13.2 Å². The molecule has 0 aliphatic carbocycles. The molecule has 0 heterocycles. The molecular weight excluding hydrogens is 184 g/mol. The fraction of sp³-hybridized carbons (Fsp3) is 0.889. The summed E-state index contributed by atoms with van der Waals surface area (Å²) in [6, 6.07) is -0.819. The minimum Gasteiger partial charge on any atom is -0.394 e. The maximum absolute atomic E-state index is 11.0. The first-order chi connectivity index (χ1) is 6.57. The molecular formula is C9H20N2O3. The molecule has 5 nitrogen and oxygen atoms in total. The molecule has 1 unspecified atom stereocenters. The molecule has 0 rings (SSSR count). The van der Waals surface area contributed by atoms with Gasteiger partial charge in [0.25, 0.3) is 0 Å². The summed E-state index contributed by atoms with van der Waals surface area (Å²) in [5.74, 6) is -0.322. The molecule has 0 aromatic heterocycles. The molecule has 0 aliphatic heterocycles. The van der Waals surface area contributed by atoms with Crippen LogP contribution in [0, 0.1) is 0 Å². The Kier molecular flexibility index (Phi) is 7.37. The van der Waals surface area contributed by atoms with Crippen LogP contribution in [0.2, 0.25) is 0 Å². The number of aliphatic hydroxyl groups excluding tert-OH is 1. The Morgan fingerprint density at radius 2 is 2.21 bits per heavy atom. The highest BCUT2D eigenvalue weighted by Gasteiger charge is 2.10. The molecule has 1 atom stereocenters. The summed E-state index contributed by atoms with van der Waals surface area (Å²) < 4.78 is 5.28. The van der Waals surface area contributed by atoms with E-state index in [9.17, 15) is 4.79 Å². The number of aliphatic hydroxyl groups is 1. The van der Waals surface area contributed by atoms with Gasteiger partial charge in [-0.25, -0.2) is 0 Å². The Labute approximate surface area is 84.6 Å². The summed E-state index contributed by atoms with van der Waals surface area (Å²) in [6.07, 6.45) is 0.965. The van der Waals surface area contributed by atoms with Gasteiger partial charge in [0.15, 0.2) is 0 Å². The Bertz CT molecular complexity index is 162. The monoisotopic (exact) mass is 204 g/mol. The Morgan fingerprint density at radius 3 is 2.71 bits per heavy atom. The minimum atomic E-state index is -0.819. The van der Waals surface area contributed by atoms with Crippen molar-refractivity contribution >= 4 is 5.91 Å². The maximum Gasteiger partial charge on any atom is 0.239 e. The normalized spacial score (nSPS) is 12.9. The summed E-state index contributed by atoms with van der Waals surface area (Å²) in [4.78, 5) is 11.0. The van der Waals surface area contributed by atoms with Crippen molar-refractivity contribution in [1.29, 1.82) is 0 Å². The van der Waals surface area contributed by atoms with Crippen molar-refractivity contribution in [2.75, 3.05) is 19.8 Å². The predicted octanol–water partition coefficient (Wildman–Crippen LogP) is -0.763. The Morgan fingerprint density at radius 1 is 1.57 bits per heavy atom. The highest BCUT2D eigenvalue weighted by atomic mass is 16.5. The Hall–Kier alpha value is -0.650. The molecule has 0 saturated heterocycles. The van der Waals surface area contributed by atoms with Crippen molar-refractivity contribution in [3.8, 4) is 0 Å². The zero-order chi connectivity index (χ0) is 11.0. The summed E-state index contributed by atoms with van der Waals surface area (Å²) >= 11 is 0. The predicted molar refractivity (Wildman–Crippen MR) is 53.8 cm³/mol. The van der Waals surface area contributed by atoms with Crippen molar-refractivity contribution in [2.24, 2.45) is 5.73 Å². The number of amides is 1. The third kappa shape index (κ3) is 6.82. The van der Waals surface area contributed by atoms with E-state index in [4.69, 9.17) is 15.6 Å². The Balaban J connectivity index is 3.32. The topological polar surface area (TPSA) is 84.6 Å².